The molecule has 0 aliphatic carbocycles. The van der Waals surface area contributed by atoms with Crippen molar-refractivity contribution in [3.63, 3.8) is 0 Å². The zero-order valence-electron chi connectivity index (χ0n) is 15.9. The number of carbonyl (C=O) groups is 1. The number of aromatic nitrogens is 2. The molecule has 152 valence electrons. The molecule has 2 aromatic heterocycles. The lowest BCUT2D eigenvalue weighted by atomic mass is 10.2. The average molecular weight is 474 g/mol. The molecule has 2 heterocycles. The van der Waals surface area contributed by atoms with Gasteiger partial charge in [-0.2, -0.15) is 0 Å². The van der Waals surface area contributed by atoms with Crippen LogP contribution in [0.2, 0.25) is 10.0 Å². The largest absolute Gasteiger partial charge is 0.324 e. The highest BCUT2D eigenvalue weighted by molar-refractivity contribution is 8.00. The van der Waals surface area contributed by atoms with Gasteiger partial charge in [0.05, 0.1) is 16.0 Å². The van der Waals surface area contributed by atoms with Crippen LogP contribution in [-0.4, -0.2) is 21.1 Å². The molecule has 4 aromatic rings. The van der Waals surface area contributed by atoms with Gasteiger partial charge in [0.25, 0.3) is 0 Å². The Bertz CT molecular complexity index is 1200. The minimum atomic E-state index is -0.324. The molecule has 0 fully saturated rings. The van der Waals surface area contributed by atoms with E-state index in [1.807, 2.05) is 25.1 Å². The van der Waals surface area contributed by atoms with E-state index in [2.05, 4.69) is 33.5 Å². The van der Waals surface area contributed by atoms with Crippen molar-refractivity contribution in [1.82, 2.24) is 9.97 Å². The highest BCUT2D eigenvalue weighted by atomic mass is 35.5. The minimum absolute atomic E-state index is 0.128. The number of thioether (sulfide) groups is 1. The number of rotatable bonds is 6. The van der Waals surface area contributed by atoms with Crippen molar-refractivity contribution in [3.8, 4) is 10.4 Å². The molecule has 0 bridgehead atoms. The molecule has 4 nitrogen and oxygen atoms in total. The van der Waals surface area contributed by atoms with E-state index in [-0.39, 0.29) is 11.2 Å². The molecule has 1 unspecified atom stereocenters. The molecule has 4 rings (SSSR count). The van der Waals surface area contributed by atoms with Crippen LogP contribution in [-0.2, 0) is 4.79 Å². The Morgan fingerprint density at radius 2 is 1.93 bits per heavy atom. The Kier molecular flexibility index (Phi) is 6.58. The van der Waals surface area contributed by atoms with E-state index in [0.717, 1.165) is 25.7 Å². The van der Waals surface area contributed by atoms with E-state index in [4.69, 9.17) is 23.2 Å². The lowest BCUT2D eigenvalue weighted by Crippen LogP contribution is -2.24. The van der Waals surface area contributed by atoms with Gasteiger partial charge in [0.1, 0.15) is 16.2 Å². The maximum absolute atomic E-state index is 12.9. The van der Waals surface area contributed by atoms with Crippen LogP contribution in [0.1, 0.15) is 13.3 Å². The summed E-state index contributed by atoms with van der Waals surface area (Å²) >= 11 is 15.2. The van der Waals surface area contributed by atoms with Gasteiger partial charge < -0.3 is 5.32 Å². The Morgan fingerprint density at radius 1 is 1.13 bits per heavy atom. The van der Waals surface area contributed by atoms with Crippen LogP contribution in [0.3, 0.4) is 0 Å². The monoisotopic (exact) mass is 473 g/mol. The number of amides is 1. The van der Waals surface area contributed by atoms with E-state index in [1.54, 1.807) is 35.9 Å². The number of carbonyl (C=O) groups excluding carboxylic acids is 1. The Morgan fingerprint density at radius 3 is 2.67 bits per heavy atom. The first-order chi connectivity index (χ1) is 14.5. The van der Waals surface area contributed by atoms with Crippen LogP contribution in [0.15, 0.2) is 66.0 Å². The van der Waals surface area contributed by atoms with E-state index < -0.39 is 0 Å². The predicted octanol–water partition coefficient (Wildman–Crippen LogP) is 7.17. The quantitative estimate of drug-likeness (QED) is 0.238. The fourth-order valence-electron chi connectivity index (χ4n) is 2.93. The van der Waals surface area contributed by atoms with Crippen molar-refractivity contribution < 1.29 is 4.79 Å². The van der Waals surface area contributed by atoms with Gasteiger partial charge in [0.15, 0.2) is 0 Å². The number of anilines is 1. The number of fused-ring (bicyclic) bond motifs is 1. The Hall–Kier alpha value is -2.12. The minimum Gasteiger partial charge on any atom is -0.324 e. The first kappa shape index (κ1) is 21.1. The van der Waals surface area contributed by atoms with Crippen molar-refractivity contribution in [2.45, 2.75) is 23.6 Å². The number of hydrogen-bond acceptors (Lipinski definition) is 5. The summed E-state index contributed by atoms with van der Waals surface area (Å²) in [6.45, 7) is 1.97. The second kappa shape index (κ2) is 9.35. The van der Waals surface area contributed by atoms with E-state index in [9.17, 15) is 4.79 Å². The van der Waals surface area contributed by atoms with Gasteiger partial charge >= 0.3 is 0 Å². The highest BCUT2D eigenvalue weighted by Gasteiger charge is 2.22. The van der Waals surface area contributed by atoms with E-state index in [0.29, 0.717) is 22.2 Å². The predicted molar refractivity (Wildman–Crippen MR) is 128 cm³/mol. The molecule has 30 heavy (non-hydrogen) atoms. The van der Waals surface area contributed by atoms with Gasteiger partial charge in [-0.3, -0.25) is 4.79 Å². The molecule has 2 aromatic carbocycles. The number of thiophene rings is 1. The van der Waals surface area contributed by atoms with Crippen LogP contribution >= 0.6 is 46.3 Å². The number of halogens is 2. The number of nitrogens with zero attached hydrogens (tertiary/aromatic N) is 2. The molecule has 0 saturated heterocycles. The molecule has 1 amide bonds. The van der Waals surface area contributed by atoms with Crippen molar-refractivity contribution >= 4 is 68.1 Å². The molecule has 1 atom stereocenters. The van der Waals surface area contributed by atoms with Gasteiger partial charge in [-0.15, -0.1) is 11.3 Å². The SMILES string of the molecule is CCC(Sc1ncnc2sc(-c3ccccc3)cc12)C(=O)Nc1ccc(Cl)cc1Cl. The summed E-state index contributed by atoms with van der Waals surface area (Å²) in [6, 6.07) is 17.3. The molecule has 8 heteroatoms. The number of benzene rings is 2. The van der Waals surface area contributed by atoms with Crippen LogP contribution < -0.4 is 5.32 Å². The molecule has 0 aliphatic rings. The summed E-state index contributed by atoms with van der Waals surface area (Å²) in [4.78, 5) is 23.8. The summed E-state index contributed by atoms with van der Waals surface area (Å²) in [5.41, 5.74) is 1.68. The fraction of sp³-hybridized carbons (Fsp3) is 0.136. The lowest BCUT2D eigenvalue weighted by molar-refractivity contribution is -0.115. The topological polar surface area (TPSA) is 54.9 Å². The van der Waals surface area contributed by atoms with E-state index in [1.165, 1.54) is 11.8 Å². The zero-order chi connectivity index (χ0) is 21.1. The third-order valence-electron chi connectivity index (χ3n) is 4.46. The van der Waals surface area contributed by atoms with Gasteiger partial charge in [0, 0.05) is 15.3 Å². The van der Waals surface area contributed by atoms with Crippen LogP contribution in [0.25, 0.3) is 20.7 Å². The molecule has 1 N–H and O–H groups in total. The first-order valence-corrected chi connectivity index (χ1v) is 11.7. The summed E-state index contributed by atoms with van der Waals surface area (Å²) < 4.78 is 0. The fourth-order valence-corrected chi connectivity index (χ4v) is 5.45. The van der Waals surface area contributed by atoms with Gasteiger partial charge in [-0.25, -0.2) is 9.97 Å². The maximum atomic E-state index is 12.9. The smallest absolute Gasteiger partial charge is 0.237 e. The number of nitrogens with one attached hydrogen (secondary N) is 1. The highest BCUT2D eigenvalue weighted by Crippen LogP contribution is 2.38. The molecule has 0 spiro atoms. The van der Waals surface area contributed by atoms with Gasteiger partial charge in [-0.05, 0) is 36.2 Å². The molecule has 0 aliphatic heterocycles. The molecular formula is C22H17Cl2N3OS2. The zero-order valence-corrected chi connectivity index (χ0v) is 19.1. The third-order valence-corrected chi connectivity index (χ3v) is 7.48. The second-order valence-electron chi connectivity index (χ2n) is 6.50. The van der Waals surface area contributed by atoms with Crippen molar-refractivity contribution in [1.29, 1.82) is 0 Å². The van der Waals surface area contributed by atoms with Crippen molar-refractivity contribution in [2.24, 2.45) is 0 Å². The normalized spacial score (nSPS) is 12.1. The average Bonchev–Trinajstić information content (AvgIpc) is 3.20. The lowest BCUT2D eigenvalue weighted by Gasteiger charge is -2.15. The summed E-state index contributed by atoms with van der Waals surface area (Å²) in [5, 5.41) is 5.26. The first-order valence-electron chi connectivity index (χ1n) is 9.27. The standard InChI is InChI=1S/C22H17Cl2N3OS2/c1-2-18(20(28)27-17-9-8-14(23)10-16(17)24)29-21-15-11-19(13-6-4-3-5-7-13)30-22(15)26-12-25-21/h3-12,18H,2H2,1H3,(H,27,28). The summed E-state index contributed by atoms with van der Waals surface area (Å²) in [6.07, 6.45) is 2.19. The molecular weight excluding hydrogens is 457 g/mol. The van der Waals surface area contributed by atoms with Crippen molar-refractivity contribution in [2.75, 3.05) is 5.32 Å². The molecule has 0 radical (unpaired) electrons. The summed E-state index contributed by atoms with van der Waals surface area (Å²) in [7, 11) is 0. The number of hydrogen-bond donors (Lipinski definition) is 1. The molecule has 0 saturated carbocycles. The third kappa shape index (κ3) is 4.62. The van der Waals surface area contributed by atoms with Gasteiger partial charge in [0.2, 0.25) is 5.91 Å². The van der Waals surface area contributed by atoms with Crippen molar-refractivity contribution in [3.05, 3.63) is 71.0 Å². The Balaban J connectivity index is 1.58. The van der Waals surface area contributed by atoms with Gasteiger partial charge in [-0.1, -0.05) is 72.2 Å². The van der Waals surface area contributed by atoms with E-state index >= 15 is 0 Å². The maximum Gasteiger partial charge on any atom is 0.237 e. The van der Waals surface area contributed by atoms with Crippen LogP contribution in [0.5, 0.6) is 0 Å². The summed E-state index contributed by atoms with van der Waals surface area (Å²) in [5.74, 6) is -0.128. The second-order valence-corrected chi connectivity index (χ2v) is 9.57. The Labute approximate surface area is 192 Å². The van der Waals surface area contributed by atoms with Crippen LogP contribution in [0.4, 0.5) is 5.69 Å². The van der Waals surface area contributed by atoms with Crippen LogP contribution in [0, 0.1) is 0 Å².